The summed E-state index contributed by atoms with van der Waals surface area (Å²) < 4.78 is 9.72. The minimum absolute atomic E-state index is 0.210. The number of fused-ring (bicyclic) bond motifs is 2. The minimum Gasteiger partial charge on any atom is -0.463 e. The molecule has 200 valence electrons. The number of carbonyl (C=O) groups excluding carboxylic acids is 1. The van der Waals surface area contributed by atoms with Gasteiger partial charge in [0.05, 0.1) is 28.5 Å². The van der Waals surface area contributed by atoms with Crippen LogP contribution < -0.4 is 14.9 Å². The summed E-state index contributed by atoms with van der Waals surface area (Å²) in [5, 5.41) is 1.63. The first kappa shape index (κ1) is 26.0. The van der Waals surface area contributed by atoms with Crippen LogP contribution in [0.4, 0.5) is 0 Å². The molecule has 0 amide bonds. The first-order valence-electron chi connectivity index (χ1n) is 13.0. The Kier molecular flexibility index (Phi) is 7.00. The standard InChI is InChI=1S/C32H26ClN3O3S/c1-3-39-31(38)28-20(2)34-32-36(29(28)22-13-15-24(33)16-14-22)30(37)27(40-32)17-23-19-35(18-21-9-5-4-6-10-21)26-12-8-7-11-25(23)26/h4-17,19,29H,3,18H2,1-2H3/b27-17+. The molecular formula is C32H26ClN3O3S. The van der Waals surface area contributed by atoms with Gasteiger partial charge in [-0.25, -0.2) is 9.79 Å². The number of halogens is 1. The SMILES string of the molecule is CCOC(=O)C1=C(C)N=c2s/c(=C/c3cn(Cc4ccccc4)c4ccccc34)c(=O)n2C1c1ccc(Cl)cc1. The highest BCUT2D eigenvalue weighted by Crippen LogP contribution is 2.31. The van der Waals surface area contributed by atoms with Crippen LogP contribution in [-0.4, -0.2) is 21.7 Å². The van der Waals surface area contributed by atoms with E-state index in [2.05, 4.69) is 40.0 Å². The van der Waals surface area contributed by atoms with Crippen LogP contribution in [0, 0.1) is 0 Å². The molecular weight excluding hydrogens is 542 g/mol. The number of aromatic nitrogens is 2. The number of allylic oxidation sites excluding steroid dienone is 1. The van der Waals surface area contributed by atoms with E-state index in [0.29, 0.717) is 25.6 Å². The Morgan fingerprint density at radius 2 is 1.77 bits per heavy atom. The number of thiazole rings is 1. The van der Waals surface area contributed by atoms with E-state index in [-0.39, 0.29) is 12.2 Å². The Bertz CT molecular complexity index is 1950. The third-order valence-corrected chi connectivity index (χ3v) is 8.24. The van der Waals surface area contributed by atoms with Crippen molar-refractivity contribution in [2.45, 2.75) is 26.4 Å². The molecule has 3 heterocycles. The lowest BCUT2D eigenvalue weighted by atomic mass is 9.96. The molecule has 0 saturated carbocycles. The molecule has 6 rings (SSSR count). The number of nitrogens with zero attached hydrogens (tertiary/aromatic N) is 3. The van der Waals surface area contributed by atoms with Gasteiger partial charge >= 0.3 is 5.97 Å². The monoisotopic (exact) mass is 567 g/mol. The average molecular weight is 568 g/mol. The largest absolute Gasteiger partial charge is 0.463 e. The minimum atomic E-state index is -0.672. The Hall–Kier alpha value is -4.20. The average Bonchev–Trinajstić information content (AvgIpc) is 3.45. The van der Waals surface area contributed by atoms with Crippen molar-refractivity contribution in [2.75, 3.05) is 6.61 Å². The molecule has 3 aromatic carbocycles. The van der Waals surface area contributed by atoms with Crippen molar-refractivity contribution in [1.29, 1.82) is 0 Å². The summed E-state index contributed by atoms with van der Waals surface area (Å²) in [6, 6.07) is 25.0. The second kappa shape index (κ2) is 10.8. The zero-order valence-electron chi connectivity index (χ0n) is 22.0. The molecule has 2 aromatic heterocycles. The van der Waals surface area contributed by atoms with Crippen molar-refractivity contribution >= 4 is 45.9 Å². The van der Waals surface area contributed by atoms with Crippen LogP contribution in [0.25, 0.3) is 17.0 Å². The maximum Gasteiger partial charge on any atom is 0.338 e. The maximum atomic E-state index is 14.0. The zero-order chi connectivity index (χ0) is 27.8. The second-order valence-electron chi connectivity index (χ2n) is 9.57. The molecule has 40 heavy (non-hydrogen) atoms. The highest BCUT2D eigenvalue weighted by atomic mass is 35.5. The van der Waals surface area contributed by atoms with Crippen molar-refractivity contribution in [3.63, 3.8) is 0 Å². The number of carbonyl (C=O) groups is 1. The molecule has 6 nitrogen and oxygen atoms in total. The van der Waals surface area contributed by atoms with Crippen molar-refractivity contribution in [3.05, 3.63) is 138 Å². The van der Waals surface area contributed by atoms with E-state index < -0.39 is 12.0 Å². The van der Waals surface area contributed by atoms with Crippen LogP contribution >= 0.6 is 22.9 Å². The van der Waals surface area contributed by atoms with E-state index in [9.17, 15) is 9.59 Å². The van der Waals surface area contributed by atoms with E-state index in [4.69, 9.17) is 16.3 Å². The number of hydrogen-bond donors (Lipinski definition) is 0. The Balaban J connectivity index is 1.52. The fourth-order valence-corrected chi connectivity index (χ4v) is 6.36. The van der Waals surface area contributed by atoms with Crippen LogP contribution in [0.3, 0.4) is 0 Å². The van der Waals surface area contributed by atoms with E-state index in [1.165, 1.54) is 16.9 Å². The van der Waals surface area contributed by atoms with Gasteiger partial charge in [-0.15, -0.1) is 0 Å². The molecule has 1 unspecified atom stereocenters. The Morgan fingerprint density at radius 3 is 2.52 bits per heavy atom. The van der Waals surface area contributed by atoms with Gasteiger partial charge in [-0.1, -0.05) is 83.6 Å². The molecule has 1 aliphatic rings. The van der Waals surface area contributed by atoms with Gasteiger partial charge < -0.3 is 9.30 Å². The molecule has 0 saturated heterocycles. The van der Waals surface area contributed by atoms with Gasteiger partial charge in [0.25, 0.3) is 5.56 Å². The number of hydrogen-bond acceptors (Lipinski definition) is 5. The van der Waals surface area contributed by atoms with Crippen molar-refractivity contribution < 1.29 is 9.53 Å². The quantitative estimate of drug-likeness (QED) is 0.256. The molecule has 0 aliphatic carbocycles. The molecule has 5 aromatic rings. The molecule has 0 radical (unpaired) electrons. The van der Waals surface area contributed by atoms with Gasteiger partial charge in [0.2, 0.25) is 0 Å². The predicted molar refractivity (Wildman–Crippen MR) is 159 cm³/mol. The lowest BCUT2D eigenvalue weighted by molar-refractivity contribution is -0.139. The topological polar surface area (TPSA) is 65.6 Å². The van der Waals surface area contributed by atoms with Gasteiger partial charge in [-0.2, -0.15) is 0 Å². The normalized spacial score (nSPS) is 15.3. The van der Waals surface area contributed by atoms with E-state index >= 15 is 0 Å². The summed E-state index contributed by atoms with van der Waals surface area (Å²) in [5.74, 6) is -0.484. The first-order valence-corrected chi connectivity index (χ1v) is 14.2. The molecule has 0 bridgehead atoms. The molecule has 0 spiro atoms. The van der Waals surface area contributed by atoms with Gasteiger partial charge in [0.1, 0.15) is 0 Å². The van der Waals surface area contributed by atoms with Crippen LogP contribution in [-0.2, 0) is 16.1 Å². The van der Waals surface area contributed by atoms with Crippen LogP contribution in [0.2, 0.25) is 5.02 Å². The highest BCUT2D eigenvalue weighted by Gasteiger charge is 2.33. The Labute approximate surface area is 239 Å². The summed E-state index contributed by atoms with van der Waals surface area (Å²) >= 11 is 7.48. The first-order chi connectivity index (χ1) is 19.4. The number of benzene rings is 3. The number of para-hydroxylation sites is 1. The van der Waals surface area contributed by atoms with Gasteiger partial charge in [-0.05, 0) is 49.2 Å². The van der Waals surface area contributed by atoms with Crippen LogP contribution in [0.15, 0.2) is 106 Å². The summed E-state index contributed by atoms with van der Waals surface area (Å²) in [5.41, 5.74) is 4.66. The van der Waals surface area contributed by atoms with E-state index in [1.807, 2.05) is 48.5 Å². The Morgan fingerprint density at radius 1 is 1.05 bits per heavy atom. The van der Waals surface area contributed by atoms with Crippen molar-refractivity contribution in [2.24, 2.45) is 4.99 Å². The molecule has 1 atom stereocenters. The fourth-order valence-electron chi connectivity index (χ4n) is 5.19. The summed E-state index contributed by atoms with van der Waals surface area (Å²) in [6.07, 6.45) is 4.01. The predicted octanol–water partition coefficient (Wildman–Crippen LogP) is 5.45. The summed E-state index contributed by atoms with van der Waals surface area (Å²) in [4.78, 5) is 32.3. The van der Waals surface area contributed by atoms with Gasteiger partial charge in [0.15, 0.2) is 4.80 Å². The van der Waals surface area contributed by atoms with Gasteiger partial charge in [-0.3, -0.25) is 9.36 Å². The lowest BCUT2D eigenvalue weighted by Crippen LogP contribution is -2.39. The van der Waals surface area contributed by atoms with Crippen LogP contribution in [0.1, 0.15) is 36.6 Å². The number of ether oxygens (including phenoxy) is 1. The summed E-state index contributed by atoms with van der Waals surface area (Å²) in [7, 11) is 0. The number of esters is 1. The molecule has 1 aliphatic heterocycles. The molecule has 0 fully saturated rings. The van der Waals surface area contributed by atoms with Crippen molar-refractivity contribution in [3.8, 4) is 0 Å². The number of rotatable bonds is 6. The third-order valence-electron chi connectivity index (χ3n) is 7.00. The smallest absolute Gasteiger partial charge is 0.338 e. The fraction of sp³-hybridized carbons (Fsp3) is 0.156. The second-order valence-corrected chi connectivity index (χ2v) is 11.0. The van der Waals surface area contributed by atoms with Crippen molar-refractivity contribution in [1.82, 2.24) is 9.13 Å². The summed E-state index contributed by atoms with van der Waals surface area (Å²) in [6.45, 7) is 4.48. The lowest BCUT2D eigenvalue weighted by Gasteiger charge is -2.24. The molecule has 8 heteroatoms. The van der Waals surface area contributed by atoms with Crippen LogP contribution in [0.5, 0.6) is 0 Å². The maximum absolute atomic E-state index is 14.0. The third kappa shape index (κ3) is 4.72. The van der Waals surface area contributed by atoms with E-state index in [0.717, 1.165) is 28.6 Å². The highest BCUT2D eigenvalue weighted by molar-refractivity contribution is 7.07. The molecule has 0 N–H and O–H groups in total. The van der Waals surface area contributed by atoms with Gasteiger partial charge in [0, 0.05) is 34.2 Å². The van der Waals surface area contributed by atoms with E-state index in [1.54, 1.807) is 30.5 Å². The zero-order valence-corrected chi connectivity index (χ0v) is 23.6.